The van der Waals surface area contributed by atoms with Crippen LogP contribution in [0.3, 0.4) is 0 Å². The lowest BCUT2D eigenvalue weighted by Gasteiger charge is -2.15. The Morgan fingerprint density at radius 1 is 0.929 bits per heavy atom. The van der Waals surface area contributed by atoms with Gasteiger partial charge in [0.1, 0.15) is 24.3 Å². The minimum atomic E-state index is -0.783. The Bertz CT molecular complexity index is 1070. The number of ether oxygens (including phenoxy) is 1. The van der Waals surface area contributed by atoms with Crippen LogP contribution in [-0.4, -0.2) is 21.3 Å². The SMILES string of the molecule is Cc1cc(C)cc(OCCn2c(C(O)c3ccccc3)nc3ccccc32)c1. The van der Waals surface area contributed by atoms with Crippen molar-refractivity contribution >= 4 is 11.0 Å². The number of nitrogens with zero attached hydrogens (tertiary/aromatic N) is 2. The average molecular weight is 372 g/mol. The maximum absolute atomic E-state index is 10.9. The van der Waals surface area contributed by atoms with Crippen molar-refractivity contribution in [3.63, 3.8) is 0 Å². The third-order valence-electron chi connectivity index (χ3n) is 4.82. The lowest BCUT2D eigenvalue weighted by molar-refractivity contribution is 0.201. The summed E-state index contributed by atoms with van der Waals surface area (Å²) in [4.78, 5) is 4.70. The lowest BCUT2D eigenvalue weighted by atomic mass is 10.1. The molecule has 0 fully saturated rings. The fourth-order valence-electron chi connectivity index (χ4n) is 3.59. The molecule has 1 aromatic heterocycles. The van der Waals surface area contributed by atoms with Gasteiger partial charge in [-0.3, -0.25) is 0 Å². The molecule has 28 heavy (non-hydrogen) atoms. The van der Waals surface area contributed by atoms with Gasteiger partial charge in [0.15, 0.2) is 0 Å². The van der Waals surface area contributed by atoms with E-state index in [1.807, 2.05) is 66.7 Å². The molecule has 1 unspecified atom stereocenters. The molecule has 3 aromatic carbocycles. The molecule has 1 atom stereocenters. The summed E-state index contributed by atoms with van der Waals surface area (Å²) in [6.45, 7) is 5.24. The quantitative estimate of drug-likeness (QED) is 0.528. The van der Waals surface area contributed by atoms with Gasteiger partial charge in [-0.1, -0.05) is 48.5 Å². The van der Waals surface area contributed by atoms with E-state index < -0.39 is 6.10 Å². The molecule has 4 rings (SSSR count). The molecule has 0 saturated heterocycles. The van der Waals surface area contributed by atoms with Gasteiger partial charge in [0, 0.05) is 0 Å². The van der Waals surface area contributed by atoms with E-state index in [1.165, 1.54) is 11.1 Å². The van der Waals surface area contributed by atoms with Crippen LogP contribution in [0.4, 0.5) is 0 Å². The zero-order chi connectivity index (χ0) is 19.5. The van der Waals surface area contributed by atoms with Gasteiger partial charge in [-0.05, 0) is 54.8 Å². The minimum Gasteiger partial charge on any atom is -0.492 e. The first-order valence-electron chi connectivity index (χ1n) is 9.51. The molecule has 1 N–H and O–H groups in total. The second-order valence-electron chi connectivity index (χ2n) is 7.10. The molecular weight excluding hydrogens is 348 g/mol. The monoisotopic (exact) mass is 372 g/mol. The third-order valence-corrected chi connectivity index (χ3v) is 4.82. The molecule has 4 aromatic rings. The van der Waals surface area contributed by atoms with Crippen molar-refractivity contribution in [2.75, 3.05) is 6.61 Å². The molecule has 4 nitrogen and oxygen atoms in total. The van der Waals surface area contributed by atoms with Crippen molar-refractivity contribution in [1.29, 1.82) is 0 Å². The molecular formula is C24H24N2O2. The smallest absolute Gasteiger partial charge is 0.143 e. The number of aliphatic hydroxyl groups is 1. The number of benzene rings is 3. The van der Waals surface area contributed by atoms with Crippen LogP contribution in [-0.2, 0) is 6.54 Å². The highest BCUT2D eigenvalue weighted by Crippen LogP contribution is 2.26. The second-order valence-corrected chi connectivity index (χ2v) is 7.10. The summed E-state index contributed by atoms with van der Waals surface area (Å²) >= 11 is 0. The van der Waals surface area contributed by atoms with E-state index in [9.17, 15) is 5.11 Å². The van der Waals surface area contributed by atoms with Crippen LogP contribution in [0.15, 0.2) is 72.8 Å². The molecule has 0 bridgehead atoms. The summed E-state index contributed by atoms with van der Waals surface area (Å²) < 4.78 is 8.05. The van der Waals surface area contributed by atoms with Crippen molar-refractivity contribution in [1.82, 2.24) is 9.55 Å². The number of fused-ring (bicyclic) bond motifs is 1. The second kappa shape index (κ2) is 7.87. The summed E-state index contributed by atoms with van der Waals surface area (Å²) in [5.74, 6) is 1.50. The maximum Gasteiger partial charge on any atom is 0.143 e. The largest absolute Gasteiger partial charge is 0.492 e. The Hall–Kier alpha value is -3.11. The van der Waals surface area contributed by atoms with Gasteiger partial charge in [-0.15, -0.1) is 0 Å². The van der Waals surface area contributed by atoms with Crippen LogP contribution in [0.1, 0.15) is 28.6 Å². The number of hydrogen-bond donors (Lipinski definition) is 1. The maximum atomic E-state index is 10.9. The topological polar surface area (TPSA) is 47.3 Å². The highest BCUT2D eigenvalue weighted by molar-refractivity contribution is 5.76. The van der Waals surface area contributed by atoms with Gasteiger partial charge in [-0.2, -0.15) is 0 Å². The van der Waals surface area contributed by atoms with E-state index in [-0.39, 0.29) is 0 Å². The molecule has 142 valence electrons. The molecule has 0 amide bonds. The van der Waals surface area contributed by atoms with E-state index >= 15 is 0 Å². The summed E-state index contributed by atoms with van der Waals surface area (Å²) in [5.41, 5.74) is 5.07. The fraction of sp³-hybridized carbons (Fsp3) is 0.208. The van der Waals surface area contributed by atoms with E-state index in [2.05, 4.69) is 24.5 Å². The van der Waals surface area contributed by atoms with Gasteiger partial charge in [0.05, 0.1) is 17.6 Å². The van der Waals surface area contributed by atoms with Gasteiger partial charge < -0.3 is 14.4 Å². The Morgan fingerprint density at radius 2 is 1.61 bits per heavy atom. The summed E-state index contributed by atoms with van der Waals surface area (Å²) in [6, 6.07) is 23.8. The van der Waals surface area contributed by atoms with Crippen LogP contribution >= 0.6 is 0 Å². The number of aliphatic hydroxyl groups excluding tert-OH is 1. The van der Waals surface area contributed by atoms with Crippen LogP contribution in [0, 0.1) is 13.8 Å². The highest BCUT2D eigenvalue weighted by atomic mass is 16.5. The number of rotatable bonds is 6. The summed E-state index contributed by atoms with van der Waals surface area (Å²) in [5, 5.41) is 10.9. The Kier molecular flexibility index (Phi) is 5.13. The Labute approximate surface area is 165 Å². The molecule has 0 radical (unpaired) electrons. The lowest BCUT2D eigenvalue weighted by Crippen LogP contribution is -2.14. The number of aryl methyl sites for hydroxylation is 2. The fourth-order valence-corrected chi connectivity index (χ4v) is 3.59. The molecule has 0 aliphatic carbocycles. The number of para-hydroxylation sites is 2. The van der Waals surface area contributed by atoms with Gasteiger partial charge in [-0.25, -0.2) is 4.98 Å². The average Bonchev–Trinajstić information content (AvgIpc) is 3.06. The minimum absolute atomic E-state index is 0.498. The van der Waals surface area contributed by atoms with E-state index in [0.717, 1.165) is 22.3 Å². The molecule has 0 saturated carbocycles. The normalized spacial score (nSPS) is 12.2. The van der Waals surface area contributed by atoms with Gasteiger partial charge >= 0.3 is 0 Å². The molecule has 1 heterocycles. The van der Waals surface area contributed by atoms with Crippen LogP contribution < -0.4 is 4.74 Å². The first-order chi connectivity index (χ1) is 13.6. The van der Waals surface area contributed by atoms with Crippen molar-refractivity contribution in [2.45, 2.75) is 26.5 Å². The molecule has 0 spiro atoms. The predicted molar refractivity (Wildman–Crippen MR) is 112 cm³/mol. The van der Waals surface area contributed by atoms with Crippen LogP contribution in [0.25, 0.3) is 11.0 Å². The first kappa shape index (κ1) is 18.3. The van der Waals surface area contributed by atoms with E-state index in [0.29, 0.717) is 19.0 Å². The van der Waals surface area contributed by atoms with Crippen molar-refractivity contribution in [3.05, 3.63) is 95.3 Å². The van der Waals surface area contributed by atoms with E-state index in [4.69, 9.17) is 9.72 Å². The highest BCUT2D eigenvalue weighted by Gasteiger charge is 2.19. The van der Waals surface area contributed by atoms with Crippen molar-refractivity contribution in [2.24, 2.45) is 0 Å². The number of imidazole rings is 1. The van der Waals surface area contributed by atoms with Crippen molar-refractivity contribution in [3.8, 4) is 5.75 Å². The third kappa shape index (κ3) is 3.78. The molecule has 0 aliphatic rings. The molecule has 4 heteroatoms. The van der Waals surface area contributed by atoms with Crippen LogP contribution in [0.5, 0.6) is 5.75 Å². The first-order valence-corrected chi connectivity index (χ1v) is 9.51. The van der Waals surface area contributed by atoms with E-state index in [1.54, 1.807) is 0 Å². The Balaban J connectivity index is 1.62. The standard InChI is InChI=1S/C24H24N2O2/c1-17-14-18(2)16-20(15-17)28-13-12-26-22-11-7-6-10-21(22)25-24(26)23(27)19-8-4-3-5-9-19/h3-11,14-16,23,27H,12-13H2,1-2H3. The number of aromatic nitrogens is 2. The zero-order valence-corrected chi connectivity index (χ0v) is 16.2. The summed E-state index contributed by atoms with van der Waals surface area (Å²) in [7, 11) is 0. The van der Waals surface area contributed by atoms with Gasteiger partial charge in [0.25, 0.3) is 0 Å². The summed E-state index contributed by atoms with van der Waals surface area (Å²) in [6.07, 6.45) is -0.783. The van der Waals surface area contributed by atoms with Crippen LogP contribution in [0.2, 0.25) is 0 Å². The zero-order valence-electron chi connectivity index (χ0n) is 16.2. The Morgan fingerprint density at radius 3 is 2.36 bits per heavy atom. The van der Waals surface area contributed by atoms with Gasteiger partial charge in [0.2, 0.25) is 0 Å². The number of hydrogen-bond acceptors (Lipinski definition) is 3. The van der Waals surface area contributed by atoms with Crippen molar-refractivity contribution < 1.29 is 9.84 Å². The molecule has 0 aliphatic heterocycles. The predicted octanol–water partition coefficient (Wildman–Crippen LogP) is 4.81.